The summed E-state index contributed by atoms with van der Waals surface area (Å²) in [6.07, 6.45) is 1.09. The van der Waals surface area contributed by atoms with Crippen LogP contribution in [0.5, 0.6) is 23.0 Å². The highest BCUT2D eigenvalue weighted by atomic mass is 16.6. The first-order valence-corrected chi connectivity index (χ1v) is 10.2. The predicted octanol–water partition coefficient (Wildman–Crippen LogP) is 5.08. The smallest absolute Gasteiger partial charge is 0.311 e. The van der Waals surface area contributed by atoms with Gasteiger partial charge in [0, 0.05) is 23.6 Å². The monoisotopic (exact) mass is 422 g/mol. The molecule has 0 saturated heterocycles. The number of rotatable bonds is 8. The molecule has 6 heteroatoms. The number of fused-ring (bicyclic) bond motifs is 1. The van der Waals surface area contributed by atoms with Gasteiger partial charge in [0.25, 0.3) is 0 Å². The number of hydrogen-bond acceptors (Lipinski definition) is 6. The van der Waals surface area contributed by atoms with Gasteiger partial charge in [0.05, 0.1) is 14.2 Å². The summed E-state index contributed by atoms with van der Waals surface area (Å²) in [5.74, 6) is 0.0666. The Morgan fingerprint density at radius 2 is 1.23 bits per heavy atom. The largest absolute Gasteiger partial charge is 0.490 e. The van der Waals surface area contributed by atoms with Gasteiger partial charge in [0.2, 0.25) is 11.5 Å². The molecule has 3 aromatic carbocycles. The molecule has 6 nitrogen and oxygen atoms in total. The fraction of sp³-hybridized carbons (Fsp3) is 0.280. The minimum absolute atomic E-state index is 0.198. The second kappa shape index (κ2) is 9.98. The van der Waals surface area contributed by atoms with Gasteiger partial charge in [-0.3, -0.25) is 9.59 Å². The van der Waals surface area contributed by atoms with E-state index in [2.05, 4.69) is 0 Å². The zero-order valence-corrected chi connectivity index (χ0v) is 18.2. The summed E-state index contributed by atoms with van der Waals surface area (Å²) in [6.45, 7) is 3.43. The molecule has 0 saturated carbocycles. The van der Waals surface area contributed by atoms with Gasteiger partial charge in [-0.25, -0.2) is 0 Å². The van der Waals surface area contributed by atoms with Crippen LogP contribution in [-0.2, 0) is 16.0 Å². The number of hydrogen-bond donors (Lipinski definition) is 0. The molecule has 0 N–H and O–H groups in total. The third kappa shape index (κ3) is 4.79. The lowest BCUT2D eigenvalue weighted by molar-refractivity contribution is -0.135. The summed E-state index contributed by atoms with van der Waals surface area (Å²) < 4.78 is 22.3. The maximum atomic E-state index is 12.2. The van der Waals surface area contributed by atoms with Crippen molar-refractivity contribution in [3.8, 4) is 23.0 Å². The Morgan fingerprint density at radius 1 is 0.677 bits per heavy atom. The van der Waals surface area contributed by atoms with E-state index in [4.69, 9.17) is 18.9 Å². The Balaban J connectivity index is 2.26. The molecule has 0 radical (unpaired) electrons. The average Bonchev–Trinajstić information content (AvgIpc) is 2.80. The lowest BCUT2D eigenvalue weighted by Crippen LogP contribution is -2.11. The molecular weight excluding hydrogens is 396 g/mol. The SMILES string of the molecule is CCC(=O)Oc1c(OC)c(OC)c(OC(=O)CC)c2cc(Cc3ccccc3)ccc12. The molecule has 0 atom stereocenters. The van der Waals surface area contributed by atoms with E-state index in [1.54, 1.807) is 13.8 Å². The number of esters is 2. The van der Waals surface area contributed by atoms with E-state index in [1.807, 2.05) is 48.5 Å². The van der Waals surface area contributed by atoms with Crippen LogP contribution >= 0.6 is 0 Å². The van der Waals surface area contributed by atoms with Crippen LogP contribution in [-0.4, -0.2) is 26.2 Å². The van der Waals surface area contributed by atoms with Gasteiger partial charge in [-0.1, -0.05) is 56.3 Å². The van der Waals surface area contributed by atoms with Crippen LogP contribution < -0.4 is 18.9 Å². The molecule has 0 amide bonds. The maximum Gasteiger partial charge on any atom is 0.311 e. The van der Waals surface area contributed by atoms with Crippen molar-refractivity contribution < 1.29 is 28.5 Å². The minimum Gasteiger partial charge on any atom is -0.490 e. The van der Waals surface area contributed by atoms with E-state index >= 15 is 0 Å². The average molecular weight is 422 g/mol. The third-order valence-corrected chi connectivity index (χ3v) is 4.86. The molecule has 0 unspecified atom stereocenters. The fourth-order valence-electron chi connectivity index (χ4n) is 3.32. The Kier molecular flexibility index (Phi) is 7.13. The number of carbonyl (C=O) groups excluding carboxylic acids is 2. The topological polar surface area (TPSA) is 71.1 Å². The summed E-state index contributed by atoms with van der Waals surface area (Å²) in [5, 5.41) is 1.20. The summed E-state index contributed by atoms with van der Waals surface area (Å²) in [5.41, 5.74) is 2.15. The van der Waals surface area contributed by atoms with Crippen molar-refractivity contribution in [2.75, 3.05) is 14.2 Å². The molecule has 0 aliphatic heterocycles. The number of ether oxygens (including phenoxy) is 4. The Hall–Kier alpha value is -3.54. The third-order valence-electron chi connectivity index (χ3n) is 4.86. The van der Waals surface area contributed by atoms with Crippen LogP contribution in [0.2, 0.25) is 0 Å². The Morgan fingerprint density at radius 3 is 1.74 bits per heavy atom. The number of carbonyl (C=O) groups is 2. The summed E-state index contributed by atoms with van der Waals surface area (Å²) >= 11 is 0. The van der Waals surface area contributed by atoms with Crippen molar-refractivity contribution in [2.24, 2.45) is 0 Å². The molecule has 0 aliphatic carbocycles. The highest BCUT2D eigenvalue weighted by Gasteiger charge is 2.26. The molecular formula is C25H26O6. The molecule has 162 valence electrons. The van der Waals surface area contributed by atoms with Gasteiger partial charge < -0.3 is 18.9 Å². The Labute approximate surface area is 181 Å². The zero-order chi connectivity index (χ0) is 22.4. The lowest BCUT2D eigenvalue weighted by atomic mass is 9.99. The molecule has 31 heavy (non-hydrogen) atoms. The van der Waals surface area contributed by atoms with Gasteiger partial charge in [-0.2, -0.15) is 0 Å². The van der Waals surface area contributed by atoms with Crippen molar-refractivity contribution in [1.82, 2.24) is 0 Å². The van der Waals surface area contributed by atoms with Crippen molar-refractivity contribution >= 4 is 22.7 Å². The maximum absolute atomic E-state index is 12.2. The van der Waals surface area contributed by atoms with E-state index in [1.165, 1.54) is 14.2 Å². The van der Waals surface area contributed by atoms with Crippen molar-refractivity contribution in [1.29, 1.82) is 0 Å². The second-order valence-corrected chi connectivity index (χ2v) is 6.92. The first-order chi connectivity index (χ1) is 15.0. The van der Waals surface area contributed by atoms with Crippen molar-refractivity contribution in [3.63, 3.8) is 0 Å². The van der Waals surface area contributed by atoms with E-state index in [9.17, 15) is 9.59 Å². The number of benzene rings is 3. The lowest BCUT2D eigenvalue weighted by Gasteiger charge is -2.20. The van der Waals surface area contributed by atoms with Crippen LogP contribution in [0, 0.1) is 0 Å². The molecule has 0 spiro atoms. The number of methoxy groups -OCH3 is 2. The molecule has 3 aromatic rings. The quantitative estimate of drug-likeness (QED) is 0.372. The normalized spacial score (nSPS) is 10.6. The first kappa shape index (κ1) is 22.2. The molecule has 3 rings (SSSR count). The molecule has 0 aromatic heterocycles. The van der Waals surface area contributed by atoms with E-state index in [-0.39, 0.29) is 35.8 Å². The van der Waals surface area contributed by atoms with E-state index < -0.39 is 11.9 Å². The van der Waals surface area contributed by atoms with Crippen LogP contribution in [0.1, 0.15) is 37.8 Å². The van der Waals surface area contributed by atoms with Gasteiger partial charge in [0.1, 0.15) is 0 Å². The van der Waals surface area contributed by atoms with Crippen LogP contribution in [0.15, 0.2) is 48.5 Å². The molecule has 0 fully saturated rings. The van der Waals surface area contributed by atoms with E-state index in [0.717, 1.165) is 11.1 Å². The van der Waals surface area contributed by atoms with Gasteiger partial charge in [-0.15, -0.1) is 0 Å². The highest BCUT2D eigenvalue weighted by molar-refractivity contribution is 6.01. The molecule has 0 bridgehead atoms. The summed E-state index contributed by atoms with van der Waals surface area (Å²) in [6, 6.07) is 15.8. The summed E-state index contributed by atoms with van der Waals surface area (Å²) in [7, 11) is 2.90. The highest BCUT2D eigenvalue weighted by Crippen LogP contribution is 2.51. The van der Waals surface area contributed by atoms with Gasteiger partial charge in [0.15, 0.2) is 11.5 Å². The van der Waals surface area contributed by atoms with Crippen LogP contribution in [0.4, 0.5) is 0 Å². The molecule has 0 heterocycles. The standard InChI is InChI=1S/C25H26O6/c1-5-20(26)30-22-18-13-12-17(14-16-10-8-7-9-11-16)15-19(18)23(31-21(27)6-2)25(29-4)24(22)28-3/h7-13,15H,5-6,14H2,1-4H3. The fourth-order valence-corrected chi connectivity index (χ4v) is 3.32. The Bertz CT molecular complexity index is 1090. The van der Waals surface area contributed by atoms with Gasteiger partial charge in [-0.05, 0) is 23.6 Å². The molecule has 0 aliphatic rings. The van der Waals surface area contributed by atoms with E-state index in [0.29, 0.717) is 17.2 Å². The first-order valence-electron chi connectivity index (χ1n) is 10.2. The second-order valence-electron chi connectivity index (χ2n) is 6.92. The van der Waals surface area contributed by atoms with Crippen molar-refractivity contribution in [3.05, 3.63) is 59.7 Å². The summed E-state index contributed by atoms with van der Waals surface area (Å²) in [4.78, 5) is 24.3. The predicted molar refractivity (Wildman–Crippen MR) is 118 cm³/mol. The van der Waals surface area contributed by atoms with Gasteiger partial charge >= 0.3 is 11.9 Å². The van der Waals surface area contributed by atoms with Crippen LogP contribution in [0.25, 0.3) is 10.8 Å². The van der Waals surface area contributed by atoms with Crippen LogP contribution in [0.3, 0.4) is 0 Å². The minimum atomic E-state index is -0.409. The zero-order valence-electron chi connectivity index (χ0n) is 18.2. The van der Waals surface area contributed by atoms with Crippen molar-refractivity contribution in [2.45, 2.75) is 33.1 Å².